The van der Waals surface area contributed by atoms with Crippen LogP contribution in [0.4, 0.5) is 8.78 Å². The average Bonchev–Trinajstić information content (AvgIpc) is 2.71. The van der Waals surface area contributed by atoms with Crippen LogP contribution in [-0.4, -0.2) is 68.1 Å². The Labute approximate surface area is 181 Å². The third kappa shape index (κ3) is 5.76. The lowest BCUT2D eigenvalue weighted by atomic mass is 9.95. The normalized spacial score (nSPS) is 18.6. The summed E-state index contributed by atoms with van der Waals surface area (Å²) >= 11 is 0. The molecule has 0 spiro atoms. The first kappa shape index (κ1) is 22.8. The molecular weight excluding hydrogens is 481 g/mol. The van der Waals surface area contributed by atoms with Crippen LogP contribution in [-0.2, 0) is 16.1 Å². The van der Waals surface area contributed by atoms with Crippen LogP contribution in [0.15, 0.2) is 23.2 Å². The first-order chi connectivity index (χ1) is 13.1. The van der Waals surface area contributed by atoms with Crippen LogP contribution in [0.1, 0.15) is 18.4 Å². The highest BCUT2D eigenvalue weighted by Gasteiger charge is 2.30. The molecule has 9 heteroatoms. The number of carbonyl (C=O) groups is 1. The Balaban J connectivity index is 0.00000280. The maximum Gasteiger partial charge on any atom is 0.225 e. The average molecular weight is 508 g/mol. The van der Waals surface area contributed by atoms with E-state index in [9.17, 15) is 13.6 Å². The zero-order valence-corrected chi connectivity index (χ0v) is 18.3. The summed E-state index contributed by atoms with van der Waals surface area (Å²) in [6, 6.07) is 3.41. The van der Waals surface area contributed by atoms with Gasteiger partial charge in [0, 0.05) is 51.3 Å². The van der Waals surface area contributed by atoms with Gasteiger partial charge in [0.25, 0.3) is 0 Å². The molecule has 1 aromatic carbocycles. The number of likely N-dealkylation sites (tertiary alicyclic amines) is 1. The van der Waals surface area contributed by atoms with Crippen molar-refractivity contribution in [1.82, 2.24) is 15.1 Å². The van der Waals surface area contributed by atoms with Gasteiger partial charge in [-0.3, -0.25) is 9.79 Å². The number of hydrogen-bond donors (Lipinski definition) is 1. The molecule has 2 aliphatic heterocycles. The Hall–Kier alpha value is -1.49. The summed E-state index contributed by atoms with van der Waals surface area (Å²) in [6.07, 6.45) is 1.51. The van der Waals surface area contributed by atoms with Crippen LogP contribution in [0.2, 0.25) is 0 Å². The molecule has 28 heavy (non-hydrogen) atoms. The van der Waals surface area contributed by atoms with Crippen LogP contribution in [0.3, 0.4) is 0 Å². The molecule has 0 atom stereocenters. The minimum absolute atomic E-state index is 0. The van der Waals surface area contributed by atoms with Crippen molar-refractivity contribution in [2.45, 2.75) is 19.4 Å². The maximum absolute atomic E-state index is 13.8. The van der Waals surface area contributed by atoms with Gasteiger partial charge in [0.15, 0.2) is 5.96 Å². The number of nitrogens with zero attached hydrogens (tertiary/aromatic N) is 3. The fraction of sp³-hybridized carbons (Fsp3) is 0.579. The molecule has 1 N–H and O–H groups in total. The number of guanidine groups is 1. The van der Waals surface area contributed by atoms with Crippen LogP contribution >= 0.6 is 24.0 Å². The van der Waals surface area contributed by atoms with Crippen LogP contribution in [0, 0.1) is 17.6 Å². The molecule has 2 fully saturated rings. The van der Waals surface area contributed by atoms with Gasteiger partial charge in [-0.05, 0) is 31.0 Å². The third-order valence-corrected chi connectivity index (χ3v) is 5.12. The highest BCUT2D eigenvalue weighted by Crippen LogP contribution is 2.20. The SMILES string of the molecule is CN=C(NCc1cc(F)ccc1F)N1CCC(C(=O)N2CCOCC2)CC1.I. The molecule has 2 saturated heterocycles. The molecule has 1 amide bonds. The summed E-state index contributed by atoms with van der Waals surface area (Å²) in [5.74, 6) is -0.0448. The summed E-state index contributed by atoms with van der Waals surface area (Å²) in [7, 11) is 1.66. The van der Waals surface area contributed by atoms with E-state index in [0.29, 0.717) is 45.4 Å². The number of nitrogens with one attached hydrogen (secondary N) is 1. The summed E-state index contributed by atoms with van der Waals surface area (Å²) in [4.78, 5) is 20.8. The fourth-order valence-electron chi connectivity index (χ4n) is 3.57. The number of amides is 1. The number of hydrogen-bond acceptors (Lipinski definition) is 3. The van der Waals surface area contributed by atoms with E-state index in [0.717, 1.165) is 25.0 Å². The molecule has 6 nitrogen and oxygen atoms in total. The number of piperidine rings is 1. The van der Waals surface area contributed by atoms with E-state index in [1.54, 1.807) is 7.05 Å². The smallest absolute Gasteiger partial charge is 0.225 e. The van der Waals surface area contributed by atoms with Gasteiger partial charge >= 0.3 is 0 Å². The monoisotopic (exact) mass is 508 g/mol. The van der Waals surface area contributed by atoms with E-state index in [4.69, 9.17) is 4.74 Å². The van der Waals surface area contributed by atoms with Gasteiger partial charge in [-0.25, -0.2) is 8.78 Å². The number of aliphatic imine (C=N–C) groups is 1. The zero-order valence-electron chi connectivity index (χ0n) is 16.0. The zero-order chi connectivity index (χ0) is 19.2. The van der Waals surface area contributed by atoms with Crippen molar-refractivity contribution in [3.8, 4) is 0 Å². The summed E-state index contributed by atoms with van der Waals surface area (Å²) in [5.41, 5.74) is 0.258. The molecule has 0 aromatic heterocycles. The second-order valence-electron chi connectivity index (χ2n) is 6.84. The Morgan fingerprint density at radius 3 is 2.50 bits per heavy atom. The topological polar surface area (TPSA) is 57.2 Å². The van der Waals surface area contributed by atoms with Crippen LogP contribution in [0.25, 0.3) is 0 Å². The molecule has 0 radical (unpaired) electrons. The first-order valence-corrected chi connectivity index (χ1v) is 9.34. The highest BCUT2D eigenvalue weighted by atomic mass is 127. The molecular formula is C19H27F2IN4O2. The lowest BCUT2D eigenvalue weighted by Crippen LogP contribution is -2.49. The van der Waals surface area contributed by atoms with Gasteiger partial charge in [-0.15, -0.1) is 24.0 Å². The number of halogens is 3. The number of carbonyl (C=O) groups excluding carboxylic acids is 1. The largest absolute Gasteiger partial charge is 0.378 e. The molecule has 156 valence electrons. The van der Waals surface area contributed by atoms with E-state index in [2.05, 4.69) is 15.2 Å². The predicted molar refractivity (Wildman–Crippen MR) is 114 cm³/mol. The van der Waals surface area contributed by atoms with Gasteiger partial charge in [-0.1, -0.05) is 0 Å². The number of benzene rings is 1. The van der Waals surface area contributed by atoms with Crippen molar-refractivity contribution in [3.63, 3.8) is 0 Å². The van der Waals surface area contributed by atoms with E-state index in [-0.39, 0.29) is 47.9 Å². The lowest BCUT2D eigenvalue weighted by Gasteiger charge is -2.36. The van der Waals surface area contributed by atoms with Crippen molar-refractivity contribution in [1.29, 1.82) is 0 Å². The molecule has 1 aromatic rings. The summed E-state index contributed by atoms with van der Waals surface area (Å²) in [6.45, 7) is 4.11. The van der Waals surface area contributed by atoms with Gasteiger partial charge in [-0.2, -0.15) is 0 Å². The Morgan fingerprint density at radius 1 is 1.18 bits per heavy atom. The molecule has 0 bridgehead atoms. The Kier molecular flexibility index (Phi) is 8.87. The van der Waals surface area contributed by atoms with Crippen molar-refractivity contribution in [2.24, 2.45) is 10.9 Å². The summed E-state index contributed by atoms with van der Waals surface area (Å²) in [5, 5.41) is 3.09. The van der Waals surface area contributed by atoms with Crippen LogP contribution < -0.4 is 5.32 Å². The standard InChI is InChI=1S/C19H26F2N4O2.HI/c1-22-19(23-13-15-12-16(20)2-3-17(15)21)25-6-4-14(5-7-25)18(26)24-8-10-27-11-9-24;/h2-3,12,14H,4-11,13H2,1H3,(H,22,23);1H. The van der Waals surface area contributed by atoms with Gasteiger partial charge < -0.3 is 19.9 Å². The summed E-state index contributed by atoms with van der Waals surface area (Å²) < 4.78 is 32.4. The second kappa shape index (κ2) is 10.9. The third-order valence-electron chi connectivity index (χ3n) is 5.12. The predicted octanol–water partition coefficient (Wildman–Crippen LogP) is 2.23. The number of rotatable bonds is 3. The van der Waals surface area contributed by atoms with E-state index < -0.39 is 11.6 Å². The number of ether oxygens (including phenoxy) is 1. The minimum Gasteiger partial charge on any atom is -0.378 e. The number of morpholine rings is 1. The van der Waals surface area contributed by atoms with E-state index in [1.165, 1.54) is 6.07 Å². The molecule has 0 unspecified atom stereocenters. The highest BCUT2D eigenvalue weighted by molar-refractivity contribution is 14.0. The Morgan fingerprint density at radius 2 is 1.86 bits per heavy atom. The minimum atomic E-state index is -0.467. The van der Waals surface area contributed by atoms with Gasteiger partial charge in [0.2, 0.25) is 5.91 Å². The molecule has 0 aliphatic carbocycles. The van der Waals surface area contributed by atoms with Gasteiger partial charge in [0.1, 0.15) is 11.6 Å². The molecule has 2 aliphatic rings. The fourth-order valence-corrected chi connectivity index (χ4v) is 3.57. The molecule has 0 saturated carbocycles. The maximum atomic E-state index is 13.8. The molecule has 3 rings (SSSR count). The lowest BCUT2D eigenvalue weighted by molar-refractivity contribution is -0.140. The van der Waals surface area contributed by atoms with Crippen molar-refractivity contribution in [3.05, 3.63) is 35.4 Å². The quantitative estimate of drug-likeness (QED) is 0.387. The van der Waals surface area contributed by atoms with Crippen molar-refractivity contribution in [2.75, 3.05) is 46.4 Å². The van der Waals surface area contributed by atoms with E-state index >= 15 is 0 Å². The first-order valence-electron chi connectivity index (χ1n) is 9.34. The van der Waals surface area contributed by atoms with Crippen LogP contribution in [0.5, 0.6) is 0 Å². The molecule has 2 heterocycles. The van der Waals surface area contributed by atoms with Crippen molar-refractivity contribution >= 4 is 35.8 Å². The van der Waals surface area contributed by atoms with Gasteiger partial charge in [0.05, 0.1) is 13.2 Å². The second-order valence-corrected chi connectivity index (χ2v) is 6.84. The Bertz CT molecular complexity index is 691. The van der Waals surface area contributed by atoms with E-state index in [1.807, 2.05) is 4.90 Å². The van der Waals surface area contributed by atoms with Crippen molar-refractivity contribution < 1.29 is 18.3 Å².